The molecule has 0 amide bonds. The molecule has 1 aliphatic heterocycles. The zero-order valence-electron chi connectivity index (χ0n) is 17.9. The van der Waals surface area contributed by atoms with Crippen molar-refractivity contribution in [1.82, 2.24) is 9.78 Å². The Kier molecular flexibility index (Phi) is 5.98. The van der Waals surface area contributed by atoms with Gasteiger partial charge in [0.2, 0.25) is 0 Å². The maximum Gasteiger partial charge on any atom is 0.418 e. The third-order valence-corrected chi connectivity index (χ3v) is 7.60. The van der Waals surface area contributed by atoms with Gasteiger partial charge in [-0.05, 0) is 77.5 Å². The molecule has 5 rings (SSSR count). The molecule has 34 heavy (non-hydrogen) atoms. The molecule has 1 aromatic heterocycles. The number of benzene rings is 2. The summed E-state index contributed by atoms with van der Waals surface area (Å²) in [5.74, 6) is 0. The van der Waals surface area contributed by atoms with Gasteiger partial charge in [-0.25, -0.2) is 0 Å². The summed E-state index contributed by atoms with van der Waals surface area (Å²) in [4.78, 5) is 15.2. The minimum atomic E-state index is -4.68. The lowest BCUT2D eigenvalue weighted by atomic mass is 10.0. The van der Waals surface area contributed by atoms with Gasteiger partial charge in [-0.3, -0.25) is 4.79 Å². The summed E-state index contributed by atoms with van der Waals surface area (Å²) in [5, 5.41) is 14.9. The van der Waals surface area contributed by atoms with E-state index in [-0.39, 0.29) is 5.69 Å². The van der Waals surface area contributed by atoms with E-state index in [2.05, 4.69) is 21.0 Å². The van der Waals surface area contributed by atoms with Gasteiger partial charge in [-0.15, -0.1) is 0 Å². The van der Waals surface area contributed by atoms with E-state index in [1.165, 1.54) is 12.1 Å². The van der Waals surface area contributed by atoms with E-state index < -0.39 is 23.4 Å². The molecule has 1 unspecified atom stereocenters. The van der Waals surface area contributed by atoms with E-state index in [1.807, 2.05) is 4.90 Å². The highest BCUT2D eigenvalue weighted by Gasteiger charge is 2.36. The predicted octanol–water partition coefficient (Wildman–Crippen LogP) is 5.39. The predicted molar refractivity (Wildman–Crippen MR) is 128 cm³/mol. The SMILES string of the molecule is O=c1c2c(c(-c3ccc(Cl)c(Br)c3)nn1-c1cc(N3CCC(O)C3)ccc1C(F)(F)F)CCC2. The minimum absolute atomic E-state index is 0.319. The Morgan fingerprint density at radius 1 is 1.12 bits per heavy atom. The maximum atomic E-state index is 14.0. The molecule has 178 valence electrons. The lowest BCUT2D eigenvalue weighted by molar-refractivity contribution is -0.137. The molecular formula is C24H20BrClF3N3O2. The van der Waals surface area contributed by atoms with E-state index in [0.717, 1.165) is 22.7 Å². The van der Waals surface area contributed by atoms with Crippen LogP contribution in [0.3, 0.4) is 0 Å². The number of β-amino-alcohol motifs (C(OH)–C–C–N with tert-alkyl or cyclic N) is 1. The summed E-state index contributed by atoms with van der Waals surface area (Å²) in [7, 11) is 0. The van der Waals surface area contributed by atoms with Crippen molar-refractivity contribution in [1.29, 1.82) is 0 Å². The molecule has 1 N–H and O–H groups in total. The standard InChI is InChI=1S/C24H20BrClF3N3O2/c25-19-10-13(4-7-20(19)26)22-16-2-1-3-17(16)23(34)32(30-22)21-11-14(31-9-8-15(33)12-31)5-6-18(21)24(27,28)29/h4-7,10-11,15,33H,1-3,8-9,12H2. The average molecular weight is 555 g/mol. The van der Waals surface area contributed by atoms with Crippen LogP contribution in [-0.4, -0.2) is 34.1 Å². The maximum absolute atomic E-state index is 14.0. The number of halogens is 5. The number of aliphatic hydroxyl groups is 1. The van der Waals surface area contributed by atoms with Crippen LogP contribution in [0.25, 0.3) is 16.9 Å². The lowest BCUT2D eigenvalue weighted by Gasteiger charge is -2.22. The fourth-order valence-corrected chi connectivity index (χ4v) is 5.22. The first-order chi connectivity index (χ1) is 16.1. The molecule has 2 heterocycles. The van der Waals surface area contributed by atoms with Crippen molar-refractivity contribution in [3.05, 3.63) is 72.9 Å². The molecule has 1 fully saturated rings. The van der Waals surface area contributed by atoms with Gasteiger partial charge in [0, 0.05) is 34.4 Å². The number of aliphatic hydroxyl groups excluding tert-OH is 1. The molecular weight excluding hydrogens is 535 g/mol. The smallest absolute Gasteiger partial charge is 0.391 e. The van der Waals surface area contributed by atoms with Gasteiger partial charge in [0.05, 0.1) is 28.1 Å². The Hall–Kier alpha value is -2.36. The van der Waals surface area contributed by atoms with Crippen LogP contribution in [0.15, 0.2) is 45.7 Å². The molecule has 3 aromatic rings. The first-order valence-corrected chi connectivity index (χ1v) is 12.1. The van der Waals surface area contributed by atoms with Crippen LogP contribution < -0.4 is 10.5 Å². The van der Waals surface area contributed by atoms with Crippen LogP contribution in [-0.2, 0) is 19.0 Å². The summed E-state index contributed by atoms with van der Waals surface area (Å²) in [6, 6.07) is 8.88. The summed E-state index contributed by atoms with van der Waals surface area (Å²) >= 11 is 9.52. The van der Waals surface area contributed by atoms with Crippen LogP contribution in [0, 0.1) is 0 Å². The fraction of sp³-hybridized carbons (Fsp3) is 0.333. The Labute approximate surface area is 206 Å². The topological polar surface area (TPSA) is 58.4 Å². The van der Waals surface area contributed by atoms with Crippen molar-refractivity contribution in [3.8, 4) is 16.9 Å². The van der Waals surface area contributed by atoms with Crippen molar-refractivity contribution < 1.29 is 18.3 Å². The van der Waals surface area contributed by atoms with Crippen molar-refractivity contribution >= 4 is 33.2 Å². The molecule has 0 spiro atoms. The molecule has 2 aliphatic rings. The second-order valence-electron chi connectivity index (χ2n) is 8.59. The molecule has 0 saturated carbocycles. The van der Waals surface area contributed by atoms with Crippen LogP contribution in [0.5, 0.6) is 0 Å². The van der Waals surface area contributed by atoms with E-state index in [4.69, 9.17) is 11.6 Å². The highest BCUT2D eigenvalue weighted by atomic mass is 79.9. The van der Waals surface area contributed by atoms with Crippen LogP contribution >= 0.6 is 27.5 Å². The fourth-order valence-electron chi connectivity index (χ4n) is 4.72. The number of rotatable bonds is 3. The summed E-state index contributed by atoms with van der Waals surface area (Å²) < 4.78 is 43.6. The summed E-state index contributed by atoms with van der Waals surface area (Å²) in [5.41, 5.74) is 1.11. The van der Waals surface area contributed by atoms with Gasteiger partial charge in [0.25, 0.3) is 5.56 Å². The van der Waals surface area contributed by atoms with Crippen LogP contribution in [0.4, 0.5) is 18.9 Å². The highest BCUT2D eigenvalue weighted by Crippen LogP contribution is 2.38. The number of fused-ring (bicyclic) bond motifs is 1. The summed E-state index contributed by atoms with van der Waals surface area (Å²) in [6.45, 7) is 0.837. The van der Waals surface area contributed by atoms with E-state index >= 15 is 0 Å². The quantitative estimate of drug-likeness (QED) is 0.472. The first-order valence-electron chi connectivity index (χ1n) is 10.9. The molecule has 0 bridgehead atoms. The Morgan fingerprint density at radius 3 is 2.56 bits per heavy atom. The third kappa shape index (κ3) is 4.14. The lowest BCUT2D eigenvalue weighted by Crippen LogP contribution is -2.29. The number of alkyl halides is 3. The number of aromatic nitrogens is 2. The molecule has 5 nitrogen and oxygen atoms in total. The minimum Gasteiger partial charge on any atom is -0.391 e. The van der Waals surface area contributed by atoms with Gasteiger partial charge in [0.1, 0.15) is 0 Å². The van der Waals surface area contributed by atoms with Crippen molar-refractivity contribution in [2.45, 2.75) is 38.0 Å². The number of hydrogen-bond acceptors (Lipinski definition) is 4. The Balaban J connectivity index is 1.75. The average Bonchev–Trinajstić information content (AvgIpc) is 3.45. The molecule has 1 aliphatic carbocycles. The molecule has 10 heteroatoms. The van der Waals surface area contributed by atoms with Crippen LogP contribution in [0.1, 0.15) is 29.5 Å². The van der Waals surface area contributed by atoms with Gasteiger partial charge < -0.3 is 10.0 Å². The van der Waals surface area contributed by atoms with E-state index in [9.17, 15) is 23.1 Å². The largest absolute Gasteiger partial charge is 0.418 e. The Morgan fingerprint density at radius 2 is 1.88 bits per heavy atom. The Bertz CT molecular complexity index is 1340. The zero-order valence-corrected chi connectivity index (χ0v) is 20.2. The molecule has 2 aromatic carbocycles. The normalized spacial score (nSPS) is 17.9. The second-order valence-corrected chi connectivity index (χ2v) is 9.85. The monoisotopic (exact) mass is 553 g/mol. The van der Waals surface area contributed by atoms with Crippen LogP contribution in [0.2, 0.25) is 5.02 Å². The number of anilines is 1. The van der Waals surface area contributed by atoms with E-state index in [0.29, 0.717) is 64.4 Å². The summed E-state index contributed by atoms with van der Waals surface area (Å²) in [6.07, 6.45) is -2.84. The number of hydrogen-bond donors (Lipinski definition) is 1. The van der Waals surface area contributed by atoms with Gasteiger partial charge in [0.15, 0.2) is 0 Å². The van der Waals surface area contributed by atoms with Gasteiger partial charge in [-0.2, -0.15) is 23.0 Å². The number of nitrogens with zero attached hydrogens (tertiary/aromatic N) is 3. The van der Waals surface area contributed by atoms with Crippen molar-refractivity contribution in [2.75, 3.05) is 18.0 Å². The second kappa shape index (κ2) is 8.70. The first kappa shape index (κ1) is 23.4. The molecule has 1 saturated heterocycles. The van der Waals surface area contributed by atoms with Gasteiger partial charge >= 0.3 is 6.18 Å². The zero-order chi connectivity index (χ0) is 24.2. The molecule has 1 atom stereocenters. The van der Waals surface area contributed by atoms with Crippen molar-refractivity contribution in [3.63, 3.8) is 0 Å². The van der Waals surface area contributed by atoms with Crippen molar-refractivity contribution in [2.24, 2.45) is 0 Å². The third-order valence-electron chi connectivity index (χ3n) is 6.39. The highest BCUT2D eigenvalue weighted by molar-refractivity contribution is 9.10. The molecule has 0 radical (unpaired) electrons. The van der Waals surface area contributed by atoms with Gasteiger partial charge in [-0.1, -0.05) is 17.7 Å². The van der Waals surface area contributed by atoms with E-state index in [1.54, 1.807) is 18.2 Å².